The molecule has 1 aromatic rings. The van der Waals surface area contributed by atoms with Crippen molar-refractivity contribution in [2.24, 2.45) is 16.7 Å². The van der Waals surface area contributed by atoms with Gasteiger partial charge < -0.3 is 14.7 Å². The summed E-state index contributed by atoms with van der Waals surface area (Å²) in [5.41, 5.74) is -0.218. The van der Waals surface area contributed by atoms with E-state index in [0.29, 0.717) is 11.8 Å². The summed E-state index contributed by atoms with van der Waals surface area (Å²) >= 11 is 1.51. The summed E-state index contributed by atoms with van der Waals surface area (Å²) < 4.78 is 0. The summed E-state index contributed by atoms with van der Waals surface area (Å²) in [4.78, 5) is 33.3. The predicted molar refractivity (Wildman–Crippen MR) is 108 cm³/mol. The molecule has 27 heavy (non-hydrogen) atoms. The summed E-state index contributed by atoms with van der Waals surface area (Å²) in [6.45, 7) is 9.87. The lowest BCUT2D eigenvalue weighted by atomic mass is 9.60. The molecule has 6 heteroatoms. The molecular weight excluding hydrogens is 358 g/mol. The van der Waals surface area contributed by atoms with Gasteiger partial charge in [0.15, 0.2) is 0 Å². The van der Waals surface area contributed by atoms with Crippen molar-refractivity contribution >= 4 is 23.2 Å². The molecule has 0 unspecified atom stereocenters. The summed E-state index contributed by atoms with van der Waals surface area (Å²) in [5, 5.41) is 1.96. The van der Waals surface area contributed by atoms with Crippen LogP contribution in [-0.2, 0) is 4.79 Å². The van der Waals surface area contributed by atoms with Crippen LogP contribution in [0, 0.1) is 16.7 Å². The fraction of sp³-hybridized carbons (Fsp3) is 0.714. The molecule has 3 saturated heterocycles. The van der Waals surface area contributed by atoms with Crippen LogP contribution in [0.15, 0.2) is 17.5 Å². The first-order chi connectivity index (χ1) is 12.9. The Bertz CT molecular complexity index is 709. The van der Waals surface area contributed by atoms with E-state index in [4.69, 9.17) is 0 Å². The second kappa shape index (κ2) is 6.89. The Morgan fingerprint density at radius 2 is 1.93 bits per heavy atom. The molecule has 3 aliphatic rings. The lowest BCUT2D eigenvalue weighted by molar-refractivity contribution is -0.141. The van der Waals surface area contributed by atoms with Crippen molar-refractivity contribution in [2.45, 2.75) is 33.1 Å². The molecule has 3 fully saturated rings. The van der Waals surface area contributed by atoms with Gasteiger partial charge in [0.1, 0.15) is 0 Å². The minimum Gasteiger partial charge on any atom is -0.345 e. The van der Waals surface area contributed by atoms with Crippen LogP contribution in [0.1, 0.15) is 42.8 Å². The highest BCUT2D eigenvalue weighted by molar-refractivity contribution is 7.12. The van der Waals surface area contributed by atoms with Gasteiger partial charge in [-0.05, 0) is 36.6 Å². The third kappa shape index (κ3) is 3.01. The Hall–Kier alpha value is -1.40. The summed E-state index contributed by atoms with van der Waals surface area (Å²) in [7, 11) is 1.95. The van der Waals surface area contributed by atoms with Gasteiger partial charge in [-0.1, -0.05) is 19.9 Å². The van der Waals surface area contributed by atoms with Gasteiger partial charge in [-0.15, -0.1) is 11.3 Å². The van der Waals surface area contributed by atoms with Crippen molar-refractivity contribution in [1.29, 1.82) is 0 Å². The normalized spacial score (nSPS) is 28.2. The molecule has 148 valence electrons. The standard InChI is InChI=1S/C21H31N3O2S/c1-16(2)13-23-14-20(21(15-23)8-9-22(3)19(21)26)6-10-24(11-7-20)18(25)17-5-4-12-27-17/h4-5,12,16H,6-11,13-15H2,1-3H3/t21-/m0/s1. The molecule has 1 aromatic heterocycles. The van der Waals surface area contributed by atoms with E-state index in [1.807, 2.05) is 34.4 Å². The third-order valence-electron chi connectivity index (χ3n) is 7.03. The zero-order chi connectivity index (χ0) is 19.2. The summed E-state index contributed by atoms with van der Waals surface area (Å²) in [6, 6.07) is 3.85. The molecule has 0 aromatic carbocycles. The van der Waals surface area contributed by atoms with Crippen molar-refractivity contribution in [3.05, 3.63) is 22.4 Å². The second-order valence-electron chi connectivity index (χ2n) is 9.17. The molecule has 0 bridgehead atoms. The zero-order valence-electron chi connectivity index (χ0n) is 16.7. The number of carbonyl (C=O) groups is 2. The maximum Gasteiger partial charge on any atom is 0.263 e. The van der Waals surface area contributed by atoms with Gasteiger partial charge in [-0.25, -0.2) is 0 Å². The van der Waals surface area contributed by atoms with E-state index >= 15 is 0 Å². The van der Waals surface area contributed by atoms with Gasteiger partial charge in [0.05, 0.1) is 10.3 Å². The molecule has 0 N–H and O–H groups in total. The molecule has 2 amide bonds. The molecule has 0 aliphatic carbocycles. The smallest absolute Gasteiger partial charge is 0.263 e. The van der Waals surface area contributed by atoms with E-state index in [-0.39, 0.29) is 16.7 Å². The molecule has 5 nitrogen and oxygen atoms in total. The van der Waals surface area contributed by atoms with E-state index in [1.165, 1.54) is 11.3 Å². The first-order valence-corrected chi connectivity index (χ1v) is 11.1. The highest BCUT2D eigenvalue weighted by atomic mass is 32.1. The first kappa shape index (κ1) is 18.9. The van der Waals surface area contributed by atoms with E-state index in [0.717, 1.165) is 63.4 Å². The van der Waals surface area contributed by atoms with Gasteiger partial charge in [-0.3, -0.25) is 9.59 Å². The van der Waals surface area contributed by atoms with Gasteiger partial charge >= 0.3 is 0 Å². The van der Waals surface area contributed by atoms with Crippen LogP contribution in [0.2, 0.25) is 0 Å². The van der Waals surface area contributed by atoms with Gasteiger partial charge in [0.2, 0.25) is 5.91 Å². The monoisotopic (exact) mass is 389 g/mol. The van der Waals surface area contributed by atoms with Crippen molar-refractivity contribution < 1.29 is 9.59 Å². The number of likely N-dealkylation sites (tertiary alicyclic amines) is 3. The summed E-state index contributed by atoms with van der Waals surface area (Å²) in [5.74, 6) is 1.10. The number of fused-ring (bicyclic) bond motifs is 1. The maximum absolute atomic E-state index is 13.3. The van der Waals surface area contributed by atoms with Gasteiger partial charge in [0.25, 0.3) is 5.91 Å². The number of hydrogen-bond donors (Lipinski definition) is 0. The number of piperidine rings is 1. The molecule has 4 rings (SSSR count). The van der Waals surface area contributed by atoms with Crippen LogP contribution in [0.3, 0.4) is 0 Å². The molecule has 0 radical (unpaired) electrons. The Kier molecular flexibility index (Phi) is 4.83. The van der Waals surface area contributed by atoms with Gasteiger partial charge in [0, 0.05) is 51.7 Å². The van der Waals surface area contributed by atoms with Gasteiger partial charge in [-0.2, -0.15) is 0 Å². The average molecular weight is 390 g/mol. The lowest BCUT2D eigenvalue weighted by Crippen LogP contribution is -2.53. The Morgan fingerprint density at radius 1 is 1.19 bits per heavy atom. The van der Waals surface area contributed by atoms with Crippen LogP contribution in [0.5, 0.6) is 0 Å². The van der Waals surface area contributed by atoms with Crippen molar-refractivity contribution in [1.82, 2.24) is 14.7 Å². The number of amides is 2. The van der Waals surface area contributed by atoms with Crippen molar-refractivity contribution in [3.8, 4) is 0 Å². The van der Waals surface area contributed by atoms with E-state index in [1.54, 1.807) is 0 Å². The first-order valence-electron chi connectivity index (χ1n) is 10.2. The minimum atomic E-state index is -0.241. The minimum absolute atomic E-state index is 0.0238. The maximum atomic E-state index is 13.3. The highest BCUT2D eigenvalue weighted by Gasteiger charge is 2.64. The second-order valence-corrected chi connectivity index (χ2v) is 10.1. The van der Waals surface area contributed by atoms with E-state index in [9.17, 15) is 9.59 Å². The number of thiophene rings is 1. The fourth-order valence-electron chi connectivity index (χ4n) is 5.73. The molecule has 2 spiro atoms. The SMILES string of the molecule is CC(C)CN1CC2(CCN(C(=O)c3cccs3)CC2)[C@@]2(CCN(C)C2=O)C1. The zero-order valence-corrected chi connectivity index (χ0v) is 17.6. The van der Waals surface area contributed by atoms with Crippen LogP contribution >= 0.6 is 11.3 Å². The highest BCUT2D eigenvalue weighted by Crippen LogP contribution is 2.57. The number of nitrogens with zero attached hydrogens (tertiary/aromatic N) is 3. The fourth-order valence-corrected chi connectivity index (χ4v) is 6.42. The molecule has 3 aliphatic heterocycles. The third-order valence-corrected chi connectivity index (χ3v) is 7.89. The van der Waals surface area contributed by atoms with Crippen molar-refractivity contribution in [2.75, 3.05) is 46.3 Å². The predicted octanol–water partition coefficient (Wildman–Crippen LogP) is 2.79. The number of carbonyl (C=O) groups excluding carboxylic acids is 2. The Morgan fingerprint density at radius 3 is 2.48 bits per heavy atom. The average Bonchev–Trinajstić information content (AvgIpc) is 3.32. The van der Waals surface area contributed by atoms with Crippen LogP contribution in [0.4, 0.5) is 0 Å². The molecule has 1 atom stereocenters. The molecule has 0 saturated carbocycles. The molecule has 4 heterocycles. The van der Waals surface area contributed by atoms with Crippen LogP contribution < -0.4 is 0 Å². The quantitative estimate of drug-likeness (QED) is 0.798. The van der Waals surface area contributed by atoms with Crippen LogP contribution in [-0.4, -0.2) is 72.8 Å². The topological polar surface area (TPSA) is 43.9 Å². The largest absolute Gasteiger partial charge is 0.345 e. The lowest BCUT2D eigenvalue weighted by Gasteiger charge is -2.47. The van der Waals surface area contributed by atoms with E-state index in [2.05, 4.69) is 18.7 Å². The Labute approximate surface area is 166 Å². The summed E-state index contributed by atoms with van der Waals surface area (Å²) in [6.07, 6.45) is 2.85. The number of rotatable bonds is 3. The Balaban J connectivity index is 1.55. The van der Waals surface area contributed by atoms with Crippen molar-refractivity contribution in [3.63, 3.8) is 0 Å². The van der Waals surface area contributed by atoms with E-state index < -0.39 is 0 Å². The number of hydrogen-bond acceptors (Lipinski definition) is 4. The molecular formula is C21H31N3O2S. The van der Waals surface area contributed by atoms with Crippen LogP contribution in [0.25, 0.3) is 0 Å².